The fourth-order valence-corrected chi connectivity index (χ4v) is 1.74. The van der Waals surface area contributed by atoms with Crippen molar-refractivity contribution in [2.24, 2.45) is 0 Å². The van der Waals surface area contributed by atoms with Gasteiger partial charge in [-0.05, 0) is 6.42 Å². The van der Waals surface area contributed by atoms with E-state index in [1.807, 2.05) is 0 Å². The molecule has 1 aliphatic heterocycles. The molecule has 1 rings (SSSR count). The quantitative estimate of drug-likeness (QED) is 0.485. The van der Waals surface area contributed by atoms with Gasteiger partial charge in [-0.15, -0.1) is 0 Å². The van der Waals surface area contributed by atoms with Gasteiger partial charge < -0.3 is 0 Å². The van der Waals surface area contributed by atoms with Crippen LogP contribution in [0.25, 0.3) is 0 Å². The van der Waals surface area contributed by atoms with Crippen molar-refractivity contribution in [2.45, 2.75) is 6.42 Å². The number of sulfonamides is 1. The van der Waals surface area contributed by atoms with Crippen molar-refractivity contribution in [3.05, 3.63) is 0 Å². The highest BCUT2D eigenvalue weighted by atomic mass is 32.2. The lowest BCUT2D eigenvalue weighted by molar-refractivity contribution is 0.0133. The molecule has 0 aromatic heterocycles. The maximum atomic E-state index is 10.4. The third-order valence-electron chi connectivity index (χ3n) is 1.07. The molecule has 5 heteroatoms. The SMILES string of the molecule is O=S1(=O)CCCN1O. The highest BCUT2D eigenvalue weighted by molar-refractivity contribution is 7.89. The van der Waals surface area contributed by atoms with Gasteiger partial charge in [-0.25, -0.2) is 8.42 Å². The first-order valence-corrected chi connectivity index (χ1v) is 3.93. The highest BCUT2D eigenvalue weighted by Gasteiger charge is 2.25. The summed E-state index contributed by atoms with van der Waals surface area (Å²) < 4.78 is 21.3. The van der Waals surface area contributed by atoms with E-state index in [1.54, 1.807) is 0 Å². The molecule has 1 N–H and O–H groups in total. The van der Waals surface area contributed by atoms with Crippen molar-refractivity contribution in [1.82, 2.24) is 4.47 Å². The lowest BCUT2D eigenvalue weighted by Crippen LogP contribution is -2.20. The predicted octanol–water partition coefficient (Wildman–Crippen LogP) is -0.589. The Morgan fingerprint density at radius 3 is 2.25 bits per heavy atom. The van der Waals surface area contributed by atoms with E-state index < -0.39 is 10.0 Å². The second-order valence-electron chi connectivity index (χ2n) is 1.72. The third-order valence-corrected chi connectivity index (χ3v) is 2.70. The van der Waals surface area contributed by atoms with Gasteiger partial charge in [0, 0.05) is 6.54 Å². The molecule has 0 saturated carbocycles. The summed E-state index contributed by atoms with van der Waals surface area (Å²) in [4.78, 5) is 0. The zero-order chi connectivity index (χ0) is 6.20. The topological polar surface area (TPSA) is 57.6 Å². The minimum absolute atomic E-state index is 0.0868. The Morgan fingerprint density at radius 2 is 2.12 bits per heavy atom. The fraction of sp³-hybridized carbons (Fsp3) is 1.00. The lowest BCUT2D eigenvalue weighted by atomic mass is 10.5. The maximum absolute atomic E-state index is 10.4. The highest BCUT2D eigenvalue weighted by Crippen LogP contribution is 2.08. The van der Waals surface area contributed by atoms with Crippen LogP contribution in [-0.4, -0.2) is 30.4 Å². The summed E-state index contributed by atoms with van der Waals surface area (Å²) in [6.45, 7) is 0.252. The third kappa shape index (κ3) is 0.841. The van der Waals surface area contributed by atoms with Crippen LogP contribution >= 0.6 is 0 Å². The van der Waals surface area contributed by atoms with E-state index in [0.29, 0.717) is 10.9 Å². The van der Waals surface area contributed by atoms with Gasteiger partial charge in [0.1, 0.15) is 0 Å². The Morgan fingerprint density at radius 1 is 1.50 bits per heavy atom. The molecule has 0 radical (unpaired) electrons. The summed E-state index contributed by atoms with van der Waals surface area (Å²) in [5, 5.41) is 8.50. The summed E-state index contributed by atoms with van der Waals surface area (Å²) >= 11 is 0. The van der Waals surface area contributed by atoms with Crippen LogP contribution in [0.4, 0.5) is 0 Å². The normalized spacial score (nSPS) is 28.6. The number of nitrogens with zero attached hydrogens (tertiary/aromatic N) is 1. The predicted molar refractivity (Wildman–Crippen MR) is 26.9 cm³/mol. The Hall–Kier alpha value is -0.130. The minimum atomic E-state index is -3.24. The van der Waals surface area contributed by atoms with Crippen LogP contribution in [0.15, 0.2) is 0 Å². The van der Waals surface area contributed by atoms with Gasteiger partial charge in [-0.2, -0.15) is 0 Å². The first-order valence-electron chi connectivity index (χ1n) is 2.32. The average molecular weight is 137 g/mol. The van der Waals surface area contributed by atoms with E-state index in [4.69, 9.17) is 5.21 Å². The lowest BCUT2D eigenvalue weighted by Gasteiger charge is -2.00. The molecule has 0 spiro atoms. The summed E-state index contributed by atoms with van der Waals surface area (Å²) in [6, 6.07) is 0. The molecule has 0 amide bonds. The van der Waals surface area contributed by atoms with E-state index in [9.17, 15) is 8.42 Å². The standard InChI is InChI=1S/C3H7NO3S/c5-4-2-1-3-8(4,6)7/h5H,1-3H2. The number of rotatable bonds is 0. The fourth-order valence-electron chi connectivity index (χ4n) is 0.627. The van der Waals surface area contributed by atoms with Crippen molar-refractivity contribution < 1.29 is 13.6 Å². The molecular weight excluding hydrogens is 130 g/mol. The van der Waals surface area contributed by atoms with Crippen LogP contribution in [0.1, 0.15) is 6.42 Å². The summed E-state index contributed by atoms with van der Waals surface area (Å²) in [5.74, 6) is 0.0868. The molecule has 1 fully saturated rings. The molecule has 4 nitrogen and oxygen atoms in total. The Bertz CT molecular complexity index is 173. The van der Waals surface area contributed by atoms with E-state index in [2.05, 4.69) is 0 Å². The van der Waals surface area contributed by atoms with Crippen LogP contribution in [0.2, 0.25) is 0 Å². The van der Waals surface area contributed by atoms with Gasteiger partial charge in [0.2, 0.25) is 10.0 Å². The van der Waals surface area contributed by atoms with E-state index in [0.717, 1.165) is 0 Å². The Labute approximate surface area is 47.7 Å². The molecule has 0 aromatic carbocycles. The monoisotopic (exact) mass is 137 g/mol. The van der Waals surface area contributed by atoms with Crippen molar-refractivity contribution in [2.75, 3.05) is 12.3 Å². The van der Waals surface area contributed by atoms with Crippen LogP contribution in [0.5, 0.6) is 0 Å². The second-order valence-corrected chi connectivity index (χ2v) is 3.71. The van der Waals surface area contributed by atoms with Gasteiger partial charge in [0.25, 0.3) is 0 Å². The largest absolute Gasteiger partial charge is 0.299 e. The van der Waals surface area contributed by atoms with Gasteiger partial charge in [0.05, 0.1) is 5.75 Å². The van der Waals surface area contributed by atoms with Crippen LogP contribution < -0.4 is 0 Å². The van der Waals surface area contributed by atoms with Crippen molar-refractivity contribution >= 4 is 10.0 Å². The van der Waals surface area contributed by atoms with Crippen molar-refractivity contribution in [3.63, 3.8) is 0 Å². The molecule has 1 heterocycles. The van der Waals surface area contributed by atoms with Crippen LogP contribution in [0.3, 0.4) is 0 Å². The molecular formula is C3H7NO3S. The molecule has 8 heavy (non-hydrogen) atoms. The zero-order valence-corrected chi connectivity index (χ0v) is 5.06. The molecule has 1 aliphatic rings. The molecule has 1 saturated heterocycles. The summed E-state index contributed by atoms with van der Waals surface area (Å²) in [7, 11) is -3.24. The minimum Gasteiger partial charge on any atom is -0.299 e. The zero-order valence-electron chi connectivity index (χ0n) is 4.24. The van der Waals surface area contributed by atoms with Gasteiger partial charge in [0.15, 0.2) is 0 Å². The number of hydroxylamine groups is 1. The molecule has 0 aromatic rings. The van der Waals surface area contributed by atoms with Crippen molar-refractivity contribution in [3.8, 4) is 0 Å². The number of hydrogen-bond donors (Lipinski definition) is 1. The van der Waals surface area contributed by atoms with Crippen LogP contribution in [-0.2, 0) is 10.0 Å². The Balaban J connectivity index is 2.85. The van der Waals surface area contributed by atoms with Crippen molar-refractivity contribution in [1.29, 1.82) is 0 Å². The maximum Gasteiger partial charge on any atom is 0.235 e. The average Bonchev–Trinajstić information content (AvgIpc) is 1.86. The summed E-state index contributed by atoms with van der Waals surface area (Å²) in [5.41, 5.74) is 0. The molecule has 0 unspecified atom stereocenters. The van der Waals surface area contributed by atoms with Gasteiger partial charge in [-0.1, -0.05) is 4.47 Å². The van der Waals surface area contributed by atoms with E-state index in [-0.39, 0.29) is 12.3 Å². The summed E-state index contributed by atoms with van der Waals surface area (Å²) in [6.07, 6.45) is 0.541. The van der Waals surface area contributed by atoms with E-state index in [1.165, 1.54) is 0 Å². The molecule has 48 valence electrons. The van der Waals surface area contributed by atoms with Crippen LogP contribution in [0, 0.1) is 0 Å². The molecule has 0 bridgehead atoms. The van der Waals surface area contributed by atoms with E-state index >= 15 is 0 Å². The smallest absolute Gasteiger partial charge is 0.235 e. The first-order chi connectivity index (χ1) is 3.63. The van der Waals surface area contributed by atoms with Gasteiger partial charge >= 0.3 is 0 Å². The second kappa shape index (κ2) is 1.68. The first kappa shape index (κ1) is 6.00. The molecule has 0 atom stereocenters. The Kier molecular flexibility index (Phi) is 1.26. The number of hydrogen-bond acceptors (Lipinski definition) is 3. The van der Waals surface area contributed by atoms with Gasteiger partial charge in [-0.3, -0.25) is 5.21 Å². The molecule has 0 aliphatic carbocycles.